The first-order valence-corrected chi connectivity index (χ1v) is 1.49. The molecule has 0 nitrogen and oxygen atoms in total. The van der Waals surface area contributed by atoms with Crippen molar-refractivity contribution in [3.05, 3.63) is 12.2 Å². The number of hydrogen-bond acceptors (Lipinski definition) is 0. The van der Waals surface area contributed by atoms with Gasteiger partial charge in [0, 0.05) is 0 Å². The van der Waals surface area contributed by atoms with Crippen LogP contribution in [0.2, 0.25) is 0 Å². The molecular weight excluding hydrogens is 72.1 g/mol. The zero-order valence-corrected chi connectivity index (χ0v) is 3.31. The van der Waals surface area contributed by atoms with Crippen LogP contribution >= 0.6 is 0 Å². The van der Waals surface area contributed by atoms with Crippen molar-refractivity contribution in [2.24, 2.45) is 0 Å². The molecule has 0 unspecified atom stereocenters. The van der Waals surface area contributed by atoms with E-state index in [0.717, 1.165) is 0 Å². The molecule has 0 amide bonds. The fourth-order valence-corrected chi connectivity index (χ4v) is 0.0962. The summed E-state index contributed by atoms with van der Waals surface area (Å²) in [6.45, 7) is 0. The zero-order chi connectivity index (χ0) is 4.83. The monoisotopic (exact) mass is 76.0 g/mol. The average Bonchev–Trinajstić information content (AvgIpc) is 1.61. The Morgan fingerprint density at radius 1 is 1.00 bits per heavy atom. The highest BCUT2D eigenvalue weighted by atomic mass is 13.5. The van der Waals surface area contributed by atoms with E-state index >= 15 is 0 Å². The fourth-order valence-electron chi connectivity index (χ4n) is 0.0962. The molecule has 0 fully saturated rings. The number of rotatable bonds is 0. The van der Waals surface area contributed by atoms with Crippen molar-refractivity contribution in [2.75, 3.05) is 0 Å². The third kappa shape index (κ3) is 2.86. The lowest BCUT2D eigenvalue weighted by molar-refractivity contribution is 2.16. The molecule has 28 valence electrons. The summed E-state index contributed by atoms with van der Waals surface area (Å²) >= 11 is 0. The van der Waals surface area contributed by atoms with Crippen LogP contribution in [0.25, 0.3) is 0 Å². The predicted molar refractivity (Wildman–Crippen MR) is 26.8 cm³/mol. The molecule has 0 bridgehead atoms. The molecule has 0 spiro atoms. The van der Waals surface area contributed by atoms with Gasteiger partial charge in [0.15, 0.2) is 0 Å². The average molecular weight is 76.1 g/mol. The minimum atomic E-state index is 1.47. The van der Waals surface area contributed by atoms with Crippen molar-refractivity contribution in [2.45, 2.75) is 0 Å². The van der Waals surface area contributed by atoms with Gasteiger partial charge in [0.05, 0.1) is 0 Å². The minimum absolute atomic E-state index is 1.47. The highest BCUT2D eigenvalue weighted by Crippen LogP contribution is 1.59. The van der Waals surface area contributed by atoms with Crippen molar-refractivity contribution >= 4 is 0 Å². The first kappa shape index (κ1) is 4.86. The fraction of sp³-hybridized carbons (Fsp3) is 0. The summed E-state index contributed by atoms with van der Waals surface area (Å²) < 4.78 is 0. The van der Waals surface area contributed by atoms with E-state index < -0.39 is 0 Å². The van der Waals surface area contributed by atoms with E-state index in [1.807, 2.05) is 0 Å². The van der Waals surface area contributed by atoms with Gasteiger partial charge in [-0.05, 0) is 12.2 Å². The molecule has 0 heterocycles. The van der Waals surface area contributed by atoms with Gasteiger partial charge in [0.25, 0.3) is 0 Å². The maximum absolute atomic E-state index is 4.78. The van der Waals surface area contributed by atoms with Crippen molar-refractivity contribution in [3.63, 3.8) is 0 Å². The molecule has 0 aliphatic heterocycles. The lowest BCUT2D eigenvalue weighted by atomic mass is 10.5. The molecule has 0 aromatic rings. The van der Waals surface area contributed by atoms with Crippen LogP contribution in [-0.4, -0.2) is 0 Å². The van der Waals surface area contributed by atoms with E-state index in [1.54, 1.807) is 0 Å². The second-order valence-electron chi connectivity index (χ2n) is 0.667. The van der Waals surface area contributed by atoms with Gasteiger partial charge >= 0.3 is 0 Å². The van der Waals surface area contributed by atoms with Crippen LogP contribution in [0.1, 0.15) is 0 Å². The Hall–Kier alpha value is -1.14. The number of allylic oxidation sites excluding steroid dienone is 2. The topological polar surface area (TPSA) is 0 Å². The molecule has 0 aliphatic rings. The van der Waals surface area contributed by atoms with Crippen LogP contribution in [0.15, 0.2) is 12.2 Å². The number of terminal acetylenes is 2. The van der Waals surface area contributed by atoms with Crippen LogP contribution < -0.4 is 0 Å². The zero-order valence-electron chi connectivity index (χ0n) is 3.31. The molecule has 0 aromatic carbocycles. The Morgan fingerprint density at radius 2 is 1.33 bits per heavy atom. The van der Waals surface area contributed by atoms with Crippen LogP contribution in [0.5, 0.6) is 0 Å². The molecule has 6 heavy (non-hydrogen) atoms. The maximum Gasteiger partial charge on any atom is -0.00380 e. The first-order valence-electron chi connectivity index (χ1n) is 1.49. The third-order valence-electron chi connectivity index (χ3n) is 0.276. The molecule has 0 aromatic heterocycles. The third-order valence-corrected chi connectivity index (χ3v) is 0.276. The minimum Gasteiger partial charge on any atom is -0.115 e. The van der Waals surface area contributed by atoms with E-state index in [4.69, 9.17) is 12.8 Å². The second kappa shape index (κ2) is 3.86. The quantitative estimate of drug-likeness (QED) is 0.374. The van der Waals surface area contributed by atoms with E-state index in [1.165, 1.54) is 12.2 Å². The summed E-state index contributed by atoms with van der Waals surface area (Å²) in [6, 6.07) is 0. The van der Waals surface area contributed by atoms with Crippen molar-refractivity contribution in [1.82, 2.24) is 0 Å². The van der Waals surface area contributed by atoms with Crippen LogP contribution in [0, 0.1) is 24.7 Å². The van der Waals surface area contributed by atoms with Crippen LogP contribution in [-0.2, 0) is 0 Å². The van der Waals surface area contributed by atoms with Crippen molar-refractivity contribution in [3.8, 4) is 24.7 Å². The Bertz CT molecular complexity index is 100.0. The largest absolute Gasteiger partial charge is 0.115 e. The van der Waals surface area contributed by atoms with Crippen LogP contribution in [0.4, 0.5) is 0 Å². The highest BCUT2D eigenvalue weighted by molar-refractivity contribution is 5.19. The molecule has 0 atom stereocenters. The van der Waals surface area contributed by atoms with Gasteiger partial charge in [-0.25, -0.2) is 0 Å². The van der Waals surface area contributed by atoms with E-state index in [2.05, 4.69) is 11.8 Å². The maximum atomic E-state index is 4.78. The van der Waals surface area contributed by atoms with Crippen LogP contribution in [0.3, 0.4) is 0 Å². The van der Waals surface area contributed by atoms with E-state index in [-0.39, 0.29) is 0 Å². The van der Waals surface area contributed by atoms with Gasteiger partial charge in [-0.2, -0.15) is 0 Å². The summed E-state index contributed by atoms with van der Waals surface area (Å²) in [5.74, 6) is 4.49. The molecule has 0 aliphatic carbocycles. The lowest BCUT2D eigenvalue weighted by Gasteiger charge is -1.53. The number of hydrogen-bond donors (Lipinski definition) is 0. The molecule has 0 saturated heterocycles. The van der Waals surface area contributed by atoms with E-state index in [9.17, 15) is 0 Å². The molecule has 0 saturated carbocycles. The summed E-state index contributed by atoms with van der Waals surface area (Å²) in [7, 11) is 0. The molecular formula is C6H4. The SMILES string of the molecule is C#C/C=C/C#C. The highest BCUT2D eigenvalue weighted by Gasteiger charge is 1.46. The van der Waals surface area contributed by atoms with Crippen molar-refractivity contribution in [1.29, 1.82) is 0 Å². The molecule has 0 rings (SSSR count). The van der Waals surface area contributed by atoms with Gasteiger partial charge in [-0.15, -0.1) is 12.8 Å². The summed E-state index contributed by atoms with van der Waals surface area (Å²) in [5, 5.41) is 0. The van der Waals surface area contributed by atoms with Gasteiger partial charge in [-0.3, -0.25) is 0 Å². The molecule has 0 radical (unpaired) electrons. The normalized spacial score (nSPS) is 7.00. The van der Waals surface area contributed by atoms with Gasteiger partial charge < -0.3 is 0 Å². The second-order valence-corrected chi connectivity index (χ2v) is 0.667. The lowest BCUT2D eigenvalue weighted by Crippen LogP contribution is -1.41. The standard InChI is InChI=1S/C6H4/c1-3-5-6-4-2/h1-2,5-6H/b6-5+. The summed E-state index contributed by atoms with van der Waals surface area (Å²) in [6.07, 6.45) is 12.5. The molecule has 0 N–H and O–H groups in total. The van der Waals surface area contributed by atoms with Gasteiger partial charge in [0.2, 0.25) is 0 Å². The molecule has 0 heteroatoms. The Balaban J connectivity index is 3.36. The smallest absolute Gasteiger partial charge is 0.00380 e. The summed E-state index contributed by atoms with van der Waals surface area (Å²) in [5.41, 5.74) is 0. The Kier molecular flexibility index (Phi) is 3.13. The summed E-state index contributed by atoms with van der Waals surface area (Å²) in [4.78, 5) is 0. The first-order chi connectivity index (χ1) is 2.91. The van der Waals surface area contributed by atoms with Gasteiger partial charge in [0.1, 0.15) is 0 Å². The van der Waals surface area contributed by atoms with Crippen molar-refractivity contribution < 1.29 is 0 Å². The van der Waals surface area contributed by atoms with Gasteiger partial charge in [-0.1, -0.05) is 11.8 Å². The Morgan fingerprint density at radius 3 is 1.50 bits per heavy atom. The predicted octanol–water partition coefficient (Wildman–Crippen LogP) is 0.809. The Labute approximate surface area is 37.9 Å². The van der Waals surface area contributed by atoms with E-state index in [0.29, 0.717) is 0 Å².